The summed E-state index contributed by atoms with van der Waals surface area (Å²) in [5, 5.41) is 2.70. The molecule has 0 aliphatic rings. The fraction of sp³-hybridized carbons (Fsp3) is 0.600. The van der Waals surface area contributed by atoms with Crippen molar-refractivity contribution in [3.8, 4) is 12.0 Å². The van der Waals surface area contributed by atoms with Gasteiger partial charge in [-0.3, -0.25) is 4.79 Å². The van der Waals surface area contributed by atoms with E-state index < -0.39 is 0 Å². The van der Waals surface area contributed by atoms with Gasteiger partial charge in [0.05, 0.1) is 20.8 Å². The van der Waals surface area contributed by atoms with Crippen LogP contribution in [0.3, 0.4) is 0 Å². The van der Waals surface area contributed by atoms with Gasteiger partial charge in [-0.25, -0.2) is 0 Å². The average Bonchev–Trinajstić information content (AvgIpc) is 2.36. The van der Waals surface area contributed by atoms with E-state index >= 15 is 0 Å². The Bertz CT molecular complexity index is 362. The molecule has 0 aliphatic heterocycles. The van der Waals surface area contributed by atoms with Gasteiger partial charge in [0.25, 0.3) is 0 Å². The van der Waals surface area contributed by atoms with Gasteiger partial charge < -0.3 is 14.8 Å². The van der Waals surface area contributed by atoms with Crippen molar-refractivity contribution in [3.05, 3.63) is 5.82 Å². The van der Waals surface area contributed by atoms with Crippen LogP contribution >= 0.6 is 0 Å². The molecule has 0 saturated heterocycles. The minimum atomic E-state index is -0.0363. The Morgan fingerprint density at radius 2 is 1.76 bits per heavy atom. The Kier molecular flexibility index (Phi) is 5.12. The molecule has 1 rings (SSSR count). The number of nitrogens with one attached hydrogen (secondary N) is 1. The van der Waals surface area contributed by atoms with E-state index in [0.29, 0.717) is 12.2 Å². The Labute approximate surface area is 99.6 Å². The number of amides is 1. The zero-order valence-electron chi connectivity index (χ0n) is 10.2. The summed E-state index contributed by atoms with van der Waals surface area (Å²) in [6.07, 6.45) is 1.29. The normalized spacial score (nSPS) is 9.82. The summed E-state index contributed by atoms with van der Waals surface area (Å²) in [7, 11) is 2.91. The van der Waals surface area contributed by atoms with Crippen LogP contribution in [-0.4, -0.2) is 35.1 Å². The molecule has 0 saturated carbocycles. The predicted octanol–water partition coefficient (Wildman–Crippen LogP) is 0.305. The van der Waals surface area contributed by atoms with Gasteiger partial charge in [0.1, 0.15) is 0 Å². The molecule has 7 heteroatoms. The van der Waals surface area contributed by atoms with Crippen LogP contribution in [0.1, 0.15) is 25.6 Å². The molecule has 0 aromatic carbocycles. The summed E-state index contributed by atoms with van der Waals surface area (Å²) < 4.78 is 9.79. The molecule has 1 heterocycles. The van der Waals surface area contributed by atoms with E-state index in [4.69, 9.17) is 9.47 Å². The molecule has 1 aromatic rings. The van der Waals surface area contributed by atoms with Crippen molar-refractivity contribution in [2.24, 2.45) is 0 Å². The topological polar surface area (TPSA) is 86.2 Å². The third-order valence-corrected chi connectivity index (χ3v) is 1.93. The molecular formula is C10H16N4O3. The molecule has 0 aliphatic carbocycles. The summed E-state index contributed by atoms with van der Waals surface area (Å²) in [6, 6.07) is 0.327. The van der Waals surface area contributed by atoms with Crippen LogP contribution in [0.4, 0.5) is 0 Å². The van der Waals surface area contributed by atoms with Crippen molar-refractivity contribution in [1.82, 2.24) is 20.3 Å². The van der Waals surface area contributed by atoms with Crippen LogP contribution in [0.25, 0.3) is 0 Å². The highest BCUT2D eigenvalue weighted by Crippen LogP contribution is 2.08. The highest BCUT2D eigenvalue weighted by atomic mass is 16.5. The Hall–Kier alpha value is -1.92. The van der Waals surface area contributed by atoms with E-state index in [1.807, 2.05) is 6.92 Å². The molecule has 0 radical (unpaired) electrons. The molecular weight excluding hydrogens is 224 g/mol. The van der Waals surface area contributed by atoms with Gasteiger partial charge in [0.15, 0.2) is 5.82 Å². The fourth-order valence-corrected chi connectivity index (χ4v) is 1.13. The van der Waals surface area contributed by atoms with Gasteiger partial charge in [-0.05, 0) is 6.42 Å². The molecule has 7 nitrogen and oxygen atoms in total. The second kappa shape index (κ2) is 6.62. The summed E-state index contributed by atoms with van der Waals surface area (Å²) >= 11 is 0. The molecule has 0 spiro atoms. The smallest absolute Gasteiger partial charge is 0.322 e. The quantitative estimate of drug-likeness (QED) is 0.769. The van der Waals surface area contributed by atoms with Crippen LogP contribution < -0.4 is 14.8 Å². The summed E-state index contributed by atoms with van der Waals surface area (Å²) in [4.78, 5) is 23.1. The van der Waals surface area contributed by atoms with Crippen molar-refractivity contribution >= 4 is 5.91 Å². The molecule has 0 unspecified atom stereocenters. The lowest BCUT2D eigenvalue weighted by Crippen LogP contribution is -2.23. The standard InChI is InChI=1S/C10H16N4O3/c1-4-5-8(15)11-6-7-12-9(16-2)14-10(13-7)17-3/h4-6H2,1-3H3,(H,11,15). The number of hydrogen-bond acceptors (Lipinski definition) is 6. The minimum absolute atomic E-state index is 0.0363. The SMILES string of the molecule is CCCC(=O)NCc1nc(OC)nc(OC)n1. The van der Waals surface area contributed by atoms with Crippen molar-refractivity contribution in [2.75, 3.05) is 14.2 Å². The molecule has 0 atom stereocenters. The van der Waals surface area contributed by atoms with Gasteiger partial charge in [-0.2, -0.15) is 9.97 Å². The van der Waals surface area contributed by atoms with Gasteiger partial charge in [-0.15, -0.1) is 4.98 Å². The van der Waals surface area contributed by atoms with Crippen LogP contribution in [0.5, 0.6) is 12.0 Å². The predicted molar refractivity (Wildman–Crippen MR) is 59.7 cm³/mol. The molecule has 17 heavy (non-hydrogen) atoms. The second-order valence-electron chi connectivity index (χ2n) is 3.25. The van der Waals surface area contributed by atoms with E-state index in [9.17, 15) is 4.79 Å². The van der Waals surface area contributed by atoms with E-state index in [0.717, 1.165) is 6.42 Å². The van der Waals surface area contributed by atoms with Crippen molar-refractivity contribution in [3.63, 3.8) is 0 Å². The number of methoxy groups -OCH3 is 2. The first kappa shape index (κ1) is 13.1. The van der Waals surface area contributed by atoms with E-state index in [2.05, 4.69) is 20.3 Å². The number of hydrogen-bond donors (Lipinski definition) is 1. The van der Waals surface area contributed by atoms with Gasteiger partial charge in [-0.1, -0.05) is 6.92 Å². The first-order valence-corrected chi connectivity index (χ1v) is 5.29. The third kappa shape index (κ3) is 4.21. The maximum atomic E-state index is 11.3. The van der Waals surface area contributed by atoms with Crippen LogP contribution in [0, 0.1) is 0 Å². The summed E-state index contributed by atoms with van der Waals surface area (Å²) in [6.45, 7) is 2.17. The third-order valence-electron chi connectivity index (χ3n) is 1.93. The first-order chi connectivity index (χ1) is 8.19. The zero-order valence-corrected chi connectivity index (χ0v) is 10.2. The second-order valence-corrected chi connectivity index (χ2v) is 3.25. The highest BCUT2D eigenvalue weighted by Gasteiger charge is 2.08. The van der Waals surface area contributed by atoms with Crippen molar-refractivity contribution in [1.29, 1.82) is 0 Å². The van der Waals surface area contributed by atoms with Crippen molar-refractivity contribution < 1.29 is 14.3 Å². The molecule has 0 bridgehead atoms. The molecule has 0 fully saturated rings. The Morgan fingerprint density at radius 3 is 2.24 bits per heavy atom. The van der Waals surface area contributed by atoms with Crippen molar-refractivity contribution in [2.45, 2.75) is 26.3 Å². The molecule has 1 N–H and O–H groups in total. The minimum Gasteiger partial charge on any atom is -0.467 e. The van der Waals surface area contributed by atoms with Crippen LogP contribution in [0.2, 0.25) is 0 Å². The lowest BCUT2D eigenvalue weighted by Gasteiger charge is -2.06. The van der Waals surface area contributed by atoms with Gasteiger partial charge in [0, 0.05) is 6.42 Å². The molecule has 94 valence electrons. The van der Waals surface area contributed by atoms with E-state index in [1.54, 1.807) is 0 Å². The van der Waals surface area contributed by atoms with Crippen LogP contribution in [-0.2, 0) is 11.3 Å². The number of nitrogens with zero attached hydrogens (tertiary/aromatic N) is 3. The summed E-state index contributed by atoms with van der Waals surface area (Å²) in [5.41, 5.74) is 0. The van der Waals surface area contributed by atoms with E-state index in [-0.39, 0.29) is 24.5 Å². The Morgan fingerprint density at radius 1 is 1.18 bits per heavy atom. The number of carbonyl (C=O) groups excluding carboxylic acids is 1. The zero-order chi connectivity index (χ0) is 12.7. The number of ether oxygens (including phenoxy) is 2. The maximum absolute atomic E-state index is 11.3. The van der Waals surface area contributed by atoms with E-state index in [1.165, 1.54) is 14.2 Å². The lowest BCUT2D eigenvalue weighted by atomic mass is 10.3. The maximum Gasteiger partial charge on any atom is 0.322 e. The highest BCUT2D eigenvalue weighted by molar-refractivity contribution is 5.75. The number of carbonyl (C=O) groups is 1. The Balaban J connectivity index is 2.66. The monoisotopic (exact) mass is 240 g/mol. The average molecular weight is 240 g/mol. The number of aromatic nitrogens is 3. The largest absolute Gasteiger partial charge is 0.467 e. The first-order valence-electron chi connectivity index (χ1n) is 5.29. The molecule has 1 aromatic heterocycles. The fourth-order valence-electron chi connectivity index (χ4n) is 1.13. The van der Waals surface area contributed by atoms with Gasteiger partial charge in [0.2, 0.25) is 5.91 Å². The molecule has 1 amide bonds. The lowest BCUT2D eigenvalue weighted by molar-refractivity contribution is -0.121. The number of rotatable bonds is 6. The van der Waals surface area contributed by atoms with Crippen LogP contribution in [0.15, 0.2) is 0 Å². The van der Waals surface area contributed by atoms with Gasteiger partial charge >= 0.3 is 12.0 Å². The summed E-state index contributed by atoms with van der Waals surface area (Å²) in [5.74, 6) is 0.365.